The van der Waals surface area contributed by atoms with Gasteiger partial charge in [-0.2, -0.15) is 0 Å². The number of ether oxygens (including phenoxy) is 1. The molecule has 2 aromatic carbocycles. The minimum atomic E-state index is -0.693. The molecule has 0 unspecified atom stereocenters. The fraction of sp³-hybridized carbons (Fsp3) is 0.250. The Labute approximate surface area is 147 Å². The number of rotatable bonds is 7. The topological polar surface area (TPSA) is 63.7 Å². The van der Waals surface area contributed by atoms with Gasteiger partial charge in [0, 0.05) is 24.2 Å². The van der Waals surface area contributed by atoms with E-state index >= 15 is 0 Å². The van der Waals surface area contributed by atoms with Crippen LogP contribution in [0.4, 0.5) is 0 Å². The van der Waals surface area contributed by atoms with Crippen molar-refractivity contribution < 1.29 is 19.1 Å². The van der Waals surface area contributed by atoms with Gasteiger partial charge in [0.05, 0.1) is 12.7 Å². The van der Waals surface area contributed by atoms with Crippen LogP contribution in [-0.4, -0.2) is 42.6 Å². The van der Waals surface area contributed by atoms with Crippen LogP contribution in [0.3, 0.4) is 0 Å². The SMILES string of the molecule is CCN(CC)C(=O)c1ccccc1C(=O)C(=O)c1ccc(OC)cc1. The minimum Gasteiger partial charge on any atom is -0.497 e. The van der Waals surface area contributed by atoms with Gasteiger partial charge in [-0.15, -0.1) is 0 Å². The molecule has 5 heteroatoms. The predicted molar refractivity (Wildman–Crippen MR) is 95.3 cm³/mol. The third kappa shape index (κ3) is 3.94. The molecule has 0 radical (unpaired) electrons. The first-order valence-electron chi connectivity index (χ1n) is 8.14. The van der Waals surface area contributed by atoms with Crippen LogP contribution in [0.2, 0.25) is 0 Å². The molecule has 0 fully saturated rings. The second-order valence-electron chi connectivity index (χ2n) is 5.41. The zero-order chi connectivity index (χ0) is 18.4. The molecule has 0 aromatic heterocycles. The number of benzene rings is 2. The van der Waals surface area contributed by atoms with Crippen LogP contribution in [-0.2, 0) is 0 Å². The lowest BCUT2D eigenvalue weighted by molar-refractivity contribution is 0.0762. The summed E-state index contributed by atoms with van der Waals surface area (Å²) < 4.78 is 5.05. The van der Waals surface area contributed by atoms with Gasteiger partial charge in [0.25, 0.3) is 5.91 Å². The first kappa shape index (κ1) is 18.4. The van der Waals surface area contributed by atoms with Crippen LogP contribution in [0.5, 0.6) is 5.75 Å². The lowest BCUT2D eigenvalue weighted by Gasteiger charge is -2.20. The van der Waals surface area contributed by atoms with Gasteiger partial charge in [0.2, 0.25) is 11.6 Å². The number of amides is 1. The summed E-state index contributed by atoms with van der Waals surface area (Å²) in [5.74, 6) is -0.999. The number of ketones is 2. The normalized spacial score (nSPS) is 10.2. The third-order valence-corrected chi connectivity index (χ3v) is 4.01. The Bertz CT molecular complexity index is 777. The molecule has 5 nitrogen and oxygen atoms in total. The summed E-state index contributed by atoms with van der Waals surface area (Å²) in [5, 5.41) is 0. The first-order valence-corrected chi connectivity index (χ1v) is 8.14. The number of carbonyl (C=O) groups is 3. The number of carbonyl (C=O) groups excluding carboxylic acids is 3. The Morgan fingerprint density at radius 1 is 0.840 bits per heavy atom. The highest BCUT2D eigenvalue weighted by Crippen LogP contribution is 2.17. The first-order chi connectivity index (χ1) is 12.0. The molecule has 0 saturated carbocycles. The number of methoxy groups -OCH3 is 1. The monoisotopic (exact) mass is 339 g/mol. The largest absolute Gasteiger partial charge is 0.497 e. The van der Waals surface area contributed by atoms with Crippen molar-refractivity contribution in [2.45, 2.75) is 13.8 Å². The average molecular weight is 339 g/mol. The van der Waals surface area contributed by atoms with Crippen LogP contribution in [0.25, 0.3) is 0 Å². The standard InChI is InChI=1S/C20H21NO4/c1-4-21(5-2)20(24)17-9-7-6-8-16(17)19(23)18(22)14-10-12-15(25-3)13-11-14/h6-13H,4-5H2,1-3H3. The molecule has 130 valence electrons. The maximum atomic E-state index is 12.7. The Balaban J connectivity index is 2.35. The molecule has 1 amide bonds. The summed E-state index contributed by atoms with van der Waals surface area (Å²) in [4.78, 5) is 39.4. The molecule has 0 heterocycles. The van der Waals surface area contributed by atoms with Crippen molar-refractivity contribution in [3.8, 4) is 5.75 Å². The highest BCUT2D eigenvalue weighted by molar-refractivity contribution is 6.50. The van der Waals surface area contributed by atoms with E-state index in [-0.39, 0.29) is 22.6 Å². The molecule has 0 saturated heterocycles. The fourth-order valence-electron chi connectivity index (χ4n) is 2.54. The highest BCUT2D eigenvalue weighted by Gasteiger charge is 2.25. The number of Topliss-reactive ketones (excluding diaryl/α,β-unsaturated/α-hetero) is 2. The van der Waals surface area contributed by atoms with Gasteiger partial charge in [0.15, 0.2) is 0 Å². The van der Waals surface area contributed by atoms with E-state index in [0.717, 1.165) is 0 Å². The smallest absolute Gasteiger partial charge is 0.254 e. The molecule has 0 N–H and O–H groups in total. The van der Waals surface area contributed by atoms with Crippen molar-refractivity contribution in [2.75, 3.05) is 20.2 Å². The van der Waals surface area contributed by atoms with E-state index in [0.29, 0.717) is 18.8 Å². The van der Waals surface area contributed by atoms with Crippen LogP contribution < -0.4 is 4.74 Å². The van der Waals surface area contributed by atoms with Gasteiger partial charge in [0.1, 0.15) is 5.75 Å². The van der Waals surface area contributed by atoms with Gasteiger partial charge in [-0.3, -0.25) is 14.4 Å². The molecule has 0 aliphatic heterocycles. The van der Waals surface area contributed by atoms with Crippen molar-refractivity contribution in [1.82, 2.24) is 4.90 Å². The summed E-state index contributed by atoms with van der Waals surface area (Å²) in [7, 11) is 1.52. The highest BCUT2D eigenvalue weighted by atomic mass is 16.5. The summed E-state index contributed by atoms with van der Waals surface area (Å²) in [6, 6.07) is 12.7. The number of hydrogen-bond donors (Lipinski definition) is 0. The summed E-state index contributed by atoms with van der Waals surface area (Å²) in [5.41, 5.74) is 0.633. The van der Waals surface area contributed by atoms with E-state index < -0.39 is 11.6 Å². The molecule has 2 rings (SSSR count). The fourth-order valence-corrected chi connectivity index (χ4v) is 2.54. The van der Waals surface area contributed by atoms with E-state index in [1.807, 2.05) is 13.8 Å². The molecule has 0 aliphatic carbocycles. The van der Waals surface area contributed by atoms with Gasteiger partial charge in [-0.25, -0.2) is 0 Å². The summed E-state index contributed by atoms with van der Waals surface area (Å²) >= 11 is 0. The van der Waals surface area contributed by atoms with Gasteiger partial charge < -0.3 is 9.64 Å². The summed E-state index contributed by atoms with van der Waals surface area (Å²) in [6.45, 7) is 4.80. The molecule has 0 bridgehead atoms. The van der Waals surface area contributed by atoms with Crippen LogP contribution in [0.1, 0.15) is 44.9 Å². The molecule has 0 spiro atoms. The van der Waals surface area contributed by atoms with Crippen molar-refractivity contribution in [2.24, 2.45) is 0 Å². The quantitative estimate of drug-likeness (QED) is 0.574. The average Bonchev–Trinajstić information content (AvgIpc) is 2.67. The second kappa shape index (κ2) is 8.24. The maximum Gasteiger partial charge on any atom is 0.254 e. The van der Waals surface area contributed by atoms with E-state index in [9.17, 15) is 14.4 Å². The molecular weight excluding hydrogens is 318 g/mol. The Morgan fingerprint density at radius 2 is 1.40 bits per heavy atom. The lowest BCUT2D eigenvalue weighted by Crippen LogP contribution is -2.32. The van der Waals surface area contributed by atoms with Crippen LogP contribution >= 0.6 is 0 Å². The number of nitrogens with zero attached hydrogens (tertiary/aromatic N) is 1. The van der Waals surface area contributed by atoms with E-state index in [4.69, 9.17) is 4.74 Å². The second-order valence-corrected chi connectivity index (χ2v) is 5.41. The van der Waals surface area contributed by atoms with Crippen molar-refractivity contribution in [3.05, 3.63) is 65.2 Å². The van der Waals surface area contributed by atoms with E-state index in [2.05, 4.69) is 0 Å². The molecule has 0 aliphatic rings. The van der Waals surface area contributed by atoms with Crippen molar-refractivity contribution >= 4 is 17.5 Å². The minimum absolute atomic E-state index is 0.125. The van der Waals surface area contributed by atoms with E-state index in [1.54, 1.807) is 35.2 Å². The Kier molecular flexibility index (Phi) is 6.06. The van der Waals surface area contributed by atoms with Crippen LogP contribution in [0.15, 0.2) is 48.5 Å². The van der Waals surface area contributed by atoms with E-state index in [1.165, 1.54) is 25.3 Å². The summed E-state index contributed by atoms with van der Waals surface area (Å²) in [6.07, 6.45) is 0. The predicted octanol–water partition coefficient (Wildman–Crippen LogP) is 3.24. The van der Waals surface area contributed by atoms with Gasteiger partial charge >= 0.3 is 0 Å². The zero-order valence-corrected chi connectivity index (χ0v) is 14.6. The molecule has 2 aromatic rings. The van der Waals surface area contributed by atoms with Gasteiger partial charge in [-0.1, -0.05) is 18.2 Å². The molecule has 25 heavy (non-hydrogen) atoms. The lowest BCUT2D eigenvalue weighted by atomic mass is 9.96. The van der Waals surface area contributed by atoms with Crippen molar-refractivity contribution in [1.29, 1.82) is 0 Å². The molecule has 0 atom stereocenters. The van der Waals surface area contributed by atoms with Crippen molar-refractivity contribution in [3.63, 3.8) is 0 Å². The van der Waals surface area contributed by atoms with Crippen LogP contribution in [0, 0.1) is 0 Å². The Hall–Kier alpha value is -2.95. The zero-order valence-electron chi connectivity index (χ0n) is 14.6. The Morgan fingerprint density at radius 3 is 1.92 bits per heavy atom. The number of hydrogen-bond acceptors (Lipinski definition) is 4. The maximum absolute atomic E-state index is 12.7. The third-order valence-electron chi connectivity index (χ3n) is 4.01. The van der Waals surface area contributed by atoms with Gasteiger partial charge in [-0.05, 0) is 44.2 Å². The molecular formula is C20H21NO4.